The number of aromatic amines is 1. The van der Waals surface area contributed by atoms with E-state index in [1.54, 1.807) is 20.8 Å². The number of esters is 1. The fourth-order valence-electron chi connectivity index (χ4n) is 2.82. The van der Waals surface area contributed by atoms with Crippen molar-refractivity contribution >= 4 is 11.8 Å². The Labute approximate surface area is 154 Å². The van der Waals surface area contributed by atoms with Crippen LogP contribution in [0.3, 0.4) is 0 Å². The number of ether oxygens (including phenoxy) is 1. The molecule has 0 bridgehead atoms. The third kappa shape index (κ3) is 3.76. The van der Waals surface area contributed by atoms with Crippen LogP contribution in [0, 0.1) is 19.7 Å². The fourth-order valence-corrected chi connectivity index (χ4v) is 2.82. The number of halogens is 1. The predicted molar refractivity (Wildman–Crippen MR) is 93.8 cm³/mol. The van der Waals surface area contributed by atoms with Crippen molar-refractivity contribution in [3.63, 3.8) is 0 Å². The molecule has 9 heteroatoms. The molecule has 2 aromatic heterocycles. The summed E-state index contributed by atoms with van der Waals surface area (Å²) >= 11 is 0. The van der Waals surface area contributed by atoms with E-state index in [2.05, 4.69) is 20.4 Å². The van der Waals surface area contributed by atoms with Crippen molar-refractivity contribution in [2.45, 2.75) is 27.3 Å². The lowest BCUT2D eigenvalue weighted by atomic mass is 10.0. The molecule has 3 aromatic rings. The van der Waals surface area contributed by atoms with Crippen LogP contribution in [0.1, 0.15) is 39.0 Å². The van der Waals surface area contributed by atoms with Gasteiger partial charge in [-0.3, -0.25) is 4.79 Å². The van der Waals surface area contributed by atoms with E-state index in [-0.39, 0.29) is 41.7 Å². The lowest BCUT2D eigenvalue weighted by Gasteiger charge is -2.05. The molecule has 0 aliphatic heterocycles. The first kappa shape index (κ1) is 18.4. The second-order valence-corrected chi connectivity index (χ2v) is 5.92. The van der Waals surface area contributed by atoms with Crippen molar-refractivity contribution in [1.82, 2.24) is 25.2 Å². The minimum Gasteiger partial charge on any atom is -0.462 e. The Bertz CT molecular complexity index is 991. The molecule has 1 N–H and O–H groups in total. The first-order valence-electron chi connectivity index (χ1n) is 8.34. The zero-order valence-electron chi connectivity index (χ0n) is 15.1. The van der Waals surface area contributed by atoms with Crippen LogP contribution in [0.5, 0.6) is 0 Å². The normalized spacial score (nSPS) is 10.8. The maximum absolute atomic E-state index is 13.0. The summed E-state index contributed by atoms with van der Waals surface area (Å²) in [7, 11) is 0. The van der Waals surface area contributed by atoms with Crippen LogP contribution in [-0.4, -0.2) is 43.6 Å². The third-order valence-corrected chi connectivity index (χ3v) is 3.97. The van der Waals surface area contributed by atoms with Crippen molar-refractivity contribution in [3.8, 4) is 11.4 Å². The number of benzene rings is 1. The molecule has 1 aromatic carbocycles. The van der Waals surface area contributed by atoms with E-state index >= 15 is 0 Å². The molecular formula is C18H18FN5O3. The highest BCUT2D eigenvalue weighted by Gasteiger charge is 2.26. The maximum Gasteiger partial charge on any atom is 0.340 e. The van der Waals surface area contributed by atoms with Gasteiger partial charge in [-0.2, -0.15) is 4.80 Å². The van der Waals surface area contributed by atoms with Gasteiger partial charge in [0, 0.05) is 17.0 Å². The summed E-state index contributed by atoms with van der Waals surface area (Å²) in [6.45, 7) is 5.13. The quantitative estimate of drug-likeness (QED) is 0.527. The number of Topliss-reactive ketones (excluding diaryl/α,β-unsaturated/α-hetero) is 1. The molecule has 3 rings (SSSR count). The van der Waals surface area contributed by atoms with Gasteiger partial charge in [0.25, 0.3) is 0 Å². The Balaban J connectivity index is 1.84. The van der Waals surface area contributed by atoms with Gasteiger partial charge in [0.05, 0.1) is 17.7 Å². The topological polar surface area (TPSA) is 103 Å². The van der Waals surface area contributed by atoms with E-state index in [4.69, 9.17) is 4.74 Å². The first-order valence-corrected chi connectivity index (χ1v) is 8.34. The highest BCUT2D eigenvalue weighted by Crippen LogP contribution is 2.21. The smallest absolute Gasteiger partial charge is 0.340 e. The summed E-state index contributed by atoms with van der Waals surface area (Å²) in [6.07, 6.45) is 0. The number of nitrogens with zero attached hydrogens (tertiary/aromatic N) is 4. The molecule has 140 valence electrons. The Hall–Kier alpha value is -3.36. The van der Waals surface area contributed by atoms with Gasteiger partial charge in [0.15, 0.2) is 5.78 Å². The van der Waals surface area contributed by atoms with Crippen molar-refractivity contribution in [2.24, 2.45) is 0 Å². The monoisotopic (exact) mass is 371 g/mol. The number of nitrogens with one attached hydrogen (secondary N) is 1. The Morgan fingerprint density at radius 3 is 2.48 bits per heavy atom. The number of hydrogen-bond acceptors (Lipinski definition) is 6. The zero-order valence-corrected chi connectivity index (χ0v) is 15.1. The average molecular weight is 371 g/mol. The number of H-pyrrole nitrogens is 1. The molecule has 0 aliphatic rings. The zero-order chi connectivity index (χ0) is 19.6. The SMILES string of the molecule is CCOC(=O)c1c(C)[nH]c(C)c1C(=O)Cn1nnc(-c2ccc(F)cc2)n1. The average Bonchev–Trinajstić information content (AvgIpc) is 3.19. The molecule has 0 fully saturated rings. The number of ketones is 1. The minimum atomic E-state index is -0.554. The van der Waals surface area contributed by atoms with Crippen LogP contribution in [0.4, 0.5) is 4.39 Å². The van der Waals surface area contributed by atoms with Gasteiger partial charge in [-0.1, -0.05) is 0 Å². The second kappa shape index (κ2) is 7.48. The van der Waals surface area contributed by atoms with Gasteiger partial charge in [-0.05, 0) is 50.3 Å². The van der Waals surface area contributed by atoms with Crippen molar-refractivity contribution in [3.05, 3.63) is 52.6 Å². The fraction of sp³-hybridized carbons (Fsp3) is 0.278. The van der Waals surface area contributed by atoms with E-state index in [0.29, 0.717) is 17.0 Å². The molecule has 0 saturated heterocycles. The number of rotatable bonds is 6. The van der Waals surface area contributed by atoms with Gasteiger partial charge >= 0.3 is 5.97 Å². The van der Waals surface area contributed by atoms with E-state index in [0.717, 1.165) is 4.80 Å². The van der Waals surface area contributed by atoms with Crippen molar-refractivity contribution in [2.75, 3.05) is 6.61 Å². The van der Waals surface area contributed by atoms with Gasteiger partial charge in [0.2, 0.25) is 5.82 Å². The summed E-state index contributed by atoms with van der Waals surface area (Å²) in [5, 5.41) is 11.9. The van der Waals surface area contributed by atoms with Crippen LogP contribution in [0.2, 0.25) is 0 Å². The molecule has 27 heavy (non-hydrogen) atoms. The van der Waals surface area contributed by atoms with Gasteiger partial charge < -0.3 is 9.72 Å². The first-order chi connectivity index (χ1) is 12.9. The molecule has 0 unspecified atom stereocenters. The number of carbonyl (C=O) groups excluding carboxylic acids is 2. The summed E-state index contributed by atoms with van der Waals surface area (Å²) in [5.41, 5.74) is 2.19. The van der Waals surface area contributed by atoms with Crippen LogP contribution in [0.25, 0.3) is 11.4 Å². The summed E-state index contributed by atoms with van der Waals surface area (Å²) < 4.78 is 18.1. The third-order valence-electron chi connectivity index (χ3n) is 3.97. The summed E-state index contributed by atoms with van der Waals surface area (Å²) in [5.74, 6) is -0.995. The van der Waals surface area contributed by atoms with E-state index in [1.807, 2.05) is 0 Å². The van der Waals surface area contributed by atoms with Gasteiger partial charge in [-0.25, -0.2) is 9.18 Å². The standard InChI is InChI=1S/C18H18FN5O3/c1-4-27-18(26)16-11(3)20-10(2)15(16)14(25)9-24-22-17(21-23-24)12-5-7-13(19)8-6-12/h5-8,20H,4,9H2,1-3H3. The molecule has 2 heterocycles. The Morgan fingerprint density at radius 1 is 1.15 bits per heavy atom. The second-order valence-electron chi connectivity index (χ2n) is 5.92. The van der Waals surface area contributed by atoms with Crippen LogP contribution >= 0.6 is 0 Å². The lowest BCUT2D eigenvalue weighted by molar-refractivity contribution is 0.0522. The molecule has 0 aliphatic carbocycles. The minimum absolute atomic E-state index is 0.196. The van der Waals surface area contributed by atoms with Crippen LogP contribution < -0.4 is 0 Å². The Morgan fingerprint density at radius 2 is 1.81 bits per heavy atom. The van der Waals surface area contributed by atoms with Crippen LogP contribution in [0.15, 0.2) is 24.3 Å². The predicted octanol–water partition coefficient (Wildman–Crippen LogP) is 2.48. The number of aryl methyl sites for hydroxylation is 2. The molecule has 8 nitrogen and oxygen atoms in total. The van der Waals surface area contributed by atoms with Crippen LogP contribution in [-0.2, 0) is 11.3 Å². The van der Waals surface area contributed by atoms with E-state index < -0.39 is 5.97 Å². The van der Waals surface area contributed by atoms with Crippen molar-refractivity contribution in [1.29, 1.82) is 0 Å². The molecule has 0 spiro atoms. The number of tetrazole rings is 1. The summed E-state index contributed by atoms with van der Waals surface area (Å²) in [4.78, 5) is 29.1. The maximum atomic E-state index is 13.0. The number of carbonyl (C=O) groups is 2. The molecule has 0 radical (unpaired) electrons. The molecule has 0 amide bonds. The van der Waals surface area contributed by atoms with Crippen molar-refractivity contribution < 1.29 is 18.7 Å². The van der Waals surface area contributed by atoms with Gasteiger partial charge in [0.1, 0.15) is 12.4 Å². The highest BCUT2D eigenvalue weighted by molar-refractivity contribution is 6.08. The molecule has 0 saturated carbocycles. The highest BCUT2D eigenvalue weighted by atomic mass is 19.1. The number of aromatic nitrogens is 5. The number of hydrogen-bond donors (Lipinski definition) is 1. The van der Waals surface area contributed by atoms with E-state index in [1.165, 1.54) is 24.3 Å². The molecular weight excluding hydrogens is 353 g/mol. The summed E-state index contributed by atoms with van der Waals surface area (Å²) in [6, 6.07) is 5.63. The lowest BCUT2D eigenvalue weighted by Crippen LogP contribution is -2.17. The van der Waals surface area contributed by atoms with E-state index in [9.17, 15) is 14.0 Å². The molecule has 0 atom stereocenters. The van der Waals surface area contributed by atoms with Gasteiger partial charge in [-0.15, -0.1) is 10.2 Å². The Kier molecular flexibility index (Phi) is 5.11. The largest absolute Gasteiger partial charge is 0.462 e.